The third-order valence-corrected chi connectivity index (χ3v) is 4.40. The Morgan fingerprint density at radius 3 is 2.73 bits per heavy atom. The zero-order valence-corrected chi connectivity index (χ0v) is 9.42. The molecule has 1 N–H and O–H groups in total. The molecule has 2 aliphatic rings. The molecule has 0 aromatic heterocycles. The van der Waals surface area contributed by atoms with E-state index in [1.54, 1.807) is 0 Å². The molecule has 1 saturated heterocycles. The number of hydrogen-bond donors (Lipinski definition) is 1. The van der Waals surface area contributed by atoms with E-state index < -0.39 is 0 Å². The second-order valence-corrected chi connectivity index (χ2v) is 5.39. The van der Waals surface area contributed by atoms with Crippen LogP contribution in [0, 0.1) is 18.3 Å². The minimum Gasteiger partial charge on any atom is -0.316 e. The zero-order chi connectivity index (χ0) is 10.3. The molecule has 3 rings (SSSR count). The van der Waals surface area contributed by atoms with Crippen molar-refractivity contribution in [2.24, 2.45) is 11.3 Å². The van der Waals surface area contributed by atoms with Crippen molar-refractivity contribution < 1.29 is 0 Å². The first-order valence-corrected chi connectivity index (χ1v) is 6.05. The van der Waals surface area contributed by atoms with Gasteiger partial charge < -0.3 is 5.32 Å². The highest BCUT2D eigenvalue weighted by molar-refractivity contribution is 5.24. The molecule has 1 aromatic carbocycles. The lowest BCUT2D eigenvalue weighted by Crippen LogP contribution is -2.41. The van der Waals surface area contributed by atoms with Crippen LogP contribution in [-0.2, 0) is 6.42 Å². The van der Waals surface area contributed by atoms with Crippen LogP contribution in [0.15, 0.2) is 24.3 Å². The van der Waals surface area contributed by atoms with Gasteiger partial charge in [0.2, 0.25) is 0 Å². The SMILES string of the molecule is Cc1ccc(CC23CCC2CNC3)cc1. The predicted molar refractivity (Wildman–Crippen MR) is 62.9 cm³/mol. The summed E-state index contributed by atoms with van der Waals surface area (Å²) in [4.78, 5) is 0. The van der Waals surface area contributed by atoms with Gasteiger partial charge in [0.15, 0.2) is 0 Å². The molecule has 15 heavy (non-hydrogen) atoms. The van der Waals surface area contributed by atoms with Crippen molar-refractivity contribution >= 4 is 0 Å². The normalized spacial score (nSPS) is 33.5. The summed E-state index contributed by atoms with van der Waals surface area (Å²) < 4.78 is 0. The highest BCUT2D eigenvalue weighted by atomic mass is 15.0. The number of hydrogen-bond acceptors (Lipinski definition) is 1. The molecule has 0 bridgehead atoms. The summed E-state index contributed by atoms with van der Waals surface area (Å²) in [7, 11) is 0. The fourth-order valence-electron chi connectivity index (χ4n) is 3.21. The van der Waals surface area contributed by atoms with Gasteiger partial charge in [-0.05, 0) is 49.6 Å². The Balaban J connectivity index is 1.77. The van der Waals surface area contributed by atoms with Crippen LogP contribution in [0.5, 0.6) is 0 Å². The number of benzene rings is 1. The zero-order valence-electron chi connectivity index (χ0n) is 9.42. The lowest BCUT2D eigenvalue weighted by molar-refractivity contribution is 0.0864. The lowest BCUT2D eigenvalue weighted by atomic mass is 9.59. The molecule has 0 radical (unpaired) electrons. The highest BCUT2D eigenvalue weighted by Gasteiger charge is 2.49. The van der Waals surface area contributed by atoms with Crippen LogP contribution in [0.4, 0.5) is 0 Å². The van der Waals surface area contributed by atoms with Crippen LogP contribution in [0.3, 0.4) is 0 Å². The van der Waals surface area contributed by atoms with Gasteiger partial charge in [-0.2, -0.15) is 0 Å². The fourth-order valence-corrected chi connectivity index (χ4v) is 3.21. The van der Waals surface area contributed by atoms with Crippen LogP contribution < -0.4 is 5.32 Å². The largest absolute Gasteiger partial charge is 0.316 e. The van der Waals surface area contributed by atoms with Crippen molar-refractivity contribution in [3.8, 4) is 0 Å². The van der Waals surface area contributed by atoms with Gasteiger partial charge in [0.1, 0.15) is 0 Å². The summed E-state index contributed by atoms with van der Waals surface area (Å²) in [5, 5.41) is 3.56. The van der Waals surface area contributed by atoms with Crippen molar-refractivity contribution in [3.63, 3.8) is 0 Å². The molecule has 0 amide bonds. The summed E-state index contributed by atoms with van der Waals surface area (Å²) in [6, 6.07) is 9.08. The van der Waals surface area contributed by atoms with E-state index in [1.807, 2.05) is 0 Å². The van der Waals surface area contributed by atoms with Gasteiger partial charge in [0.25, 0.3) is 0 Å². The van der Waals surface area contributed by atoms with E-state index in [4.69, 9.17) is 0 Å². The molecule has 80 valence electrons. The van der Waals surface area contributed by atoms with Crippen molar-refractivity contribution in [1.82, 2.24) is 5.32 Å². The molecule has 2 atom stereocenters. The Labute approximate surface area is 91.9 Å². The van der Waals surface area contributed by atoms with Gasteiger partial charge in [0, 0.05) is 6.54 Å². The molecule has 2 fully saturated rings. The van der Waals surface area contributed by atoms with Crippen molar-refractivity contribution in [3.05, 3.63) is 35.4 Å². The third kappa shape index (κ3) is 1.50. The standard InChI is InChI=1S/C14H19N/c1-11-2-4-12(5-3-11)8-14-7-6-13(14)9-15-10-14/h2-5,13,15H,6-10H2,1H3. The van der Waals surface area contributed by atoms with Crippen molar-refractivity contribution in [2.45, 2.75) is 26.2 Å². The summed E-state index contributed by atoms with van der Waals surface area (Å²) in [6.45, 7) is 4.66. The Bertz CT molecular complexity index is 354. The quantitative estimate of drug-likeness (QED) is 0.775. The second kappa shape index (κ2) is 3.34. The second-order valence-electron chi connectivity index (χ2n) is 5.39. The molecule has 1 nitrogen and oxygen atoms in total. The lowest BCUT2D eigenvalue weighted by Gasteiger charge is -2.44. The summed E-state index contributed by atoms with van der Waals surface area (Å²) in [6.07, 6.45) is 4.16. The number of nitrogens with one attached hydrogen (secondary N) is 1. The van der Waals surface area contributed by atoms with E-state index >= 15 is 0 Å². The first-order chi connectivity index (χ1) is 7.28. The average molecular weight is 201 g/mol. The molecule has 1 aliphatic heterocycles. The van der Waals surface area contributed by atoms with Crippen LogP contribution in [0.2, 0.25) is 0 Å². The van der Waals surface area contributed by atoms with Gasteiger partial charge in [-0.3, -0.25) is 0 Å². The van der Waals surface area contributed by atoms with Crippen LogP contribution in [0.25, 0.3) is 0 Å². The van der Waals surface area contributed by atoms with Gasteiger partial charge in [-0.25, -0.2) is 0 Å². The Hall–Kier alpha value is -0.820. The van der Waals surface area contributed by atoms with E-state index in [-0.39, 0.29) is 0 Å². The monoisotopic (exact) mass is 201 g/mol. The van der Waals surface area contributed by atoms with Gasteiger partial charge in [0.05, 0.1) is 0 Å². The van der Waals surface area contributed by atoms with Crippen molar-refractivity contribution in [2.75, 3.05) is 13.1 Å². The van der Waals surface area contributed by atoms with E-state index in [9.17, 15) is 0 Å². The Kier molecular flexibility index (Phi) is 2.10. The third-order valence-electron chi connectivity index (χ3n) is 4.40. The topological polar surface area (TPSA) is 12.0 Å². The number of aryl methyl sites for hydroxylation is 1. The molecular weight excluding hydrogens is 182 g/mol. The van der Waals surface area contributed by atoms with Crippen LogP contribution in [0.1, 0.15) is 24.0 Å². The van der Waals surface area contributed by atoms with E-state index in [0.717, 1.165) is 5.92 Å². The number of rotatable bonds is 2. The molecule has 1 saturated carbocycles. The summed E-state index contributed by atoms with van der Waals surface area (Å²) in [5.74, 6) is 0.957. The Morgan fingerprint density at radius 2 is 2.13 bits per heavy atom. The van der Waals surface area contributed by atoms with E-state index in [1.165, 1.54) is 43.5 Å². The van der Waals surface area contributed by atoms with E-state index in [0.29, 0.717) is 5.41 Å². The maximum atomic E-state index is 3.56. The minimum atomic E-state index is 0.620. The maximum absolute atomic E-state index is 3.56. The minimum absolute atomic E-state index is 0.620. The molecule has 1 aliphatic carbocycles. The maximum Gasteiger partial charge on any atom is 0.00143 e. The average Bonchev–Trinajstić information content (AvgIpc) is 2.49. The molecule has 1 heterocycles. The van der Waals surface area contributed by atoms with Gasteiger partial charge >= 0.3 is 0 Å². The van der Waals surface area contributed by atoms with Crippen LogP contribution >= 0.6 is 0 Å². The molecule has 1 aromatic rings. The summed E-state index contributed by atoms with van der Waals surface area (Å²) >= 11 is 0. The molecule has 1 heteroatoms. The predicted octanol–water partition coefficient (Wildman–Crippen LogP) is 2.54. The highest BCUT2D eigenvalue weighted by Crippen LogP contribution is 2.51. The van der Waals surface area contributed by atoms with Crippen LogP contribution in [-0.4, -0.2) is 13.1 Å². The van der Waals surface area contributed by atoms with E-state index in [2.05, 4.69) is 36.5 Å². The first kappa shape index (κ1) is 9.41. The molecule has 0 spiro atoms. The molecular formula is C14H19N. The molecule has 2 unspecified atom stereocenters. The van der Waals surface area contributed by atoms with Gasteiger partial charge in [-0.15, -0.1) is 0 Å². The fraction of sp³-hybridized carbons (Fsp3) is 0.571. The Morgan fingerprint density at radius 1 is 1.33 bits per heavy atom. The smallest absolute Gasteiger partial charge is 0.00143 e. The number of fused-ring (bicyclic) bond motifs is 1. The first-order valence-electron chi connectivity index (χ1n) is 6.05. The van der Waals surface area contributed by atoms with Crippen molar-refractivity contribution in [1.29, 1.82) is 0 Å². The summed E-state index contributed by atoms with van der Waals surface area (Å²) in [5.41, 5.74) is 3.51. The van der Waals surface area contributed by atoms with Gasteiger partial charge in [-0.1, -0.05) is 29.8 Å².